The van der Waals surface area contributed by atoms with E-state index < -0.39 is 0 Å². The Morgan fingerprint density at radius 1 is 1.25 bits per heavy atom. The number of halogens is 1. The van der Waals surface area contributed by atoms with Crippen LogP contribution >= 0.6 is 11.6 Å². The summed E-state index contributed by atoms with van der Waals surface area (Å²) in [6.45, 7) is 8.38. The van der Waals surface area contributed by atoms with E-state index in [4.69, 9.17) is 11.6 Å². The van der Waals surface area contributed by atoms with Crippen LogP contribution in [0.15, 0.2) is 30.6 Å². The summed E-state index contributed by atoms with van der Waals surface area (Å²) in [6, 6.07) is 5.83. The molecule has 1 aromatic carbocycles. The van der Waals surface area contributed by atoms with Gasteiger partial charge in [-0.1, -0.05) is 18.5 Å². The van der Waals surface area contributed by atoms with Gasteiger partial charge in [-0.05, 0) is 45.4 Å². The van der Waals surface area contributed by atoms with Gasteiger partial charge in [0, 0.05) is 34.6 Å². The standard InChI is InChI=1S/C18H22ClN5/c1-5-18(3,4)24-17-21-10-11(2)16(23-17)22-14-7-6-13(19)15-12(14)8-9-20-15/h6-10,20H,5H2,1-4H3,(H2,21,22,23,24). The first kappa shape index (κ1) is 16.6. The third kappa shape index (κ3) is 3.31. The predicted octanol–water partition coefficient (Wildman–Crippen LogP) is 5.26. The highest BCUT2D eigenvalue weighted by Gasteiger charge is 2.17. The number of H-pyrrole nitrogens is 1. The summed E-state index contributed by atoms with van der Waals surface area (Å²) in [6.07, 6.45) is 4.69. The maximum absolute atomic E-state index is 6.22. The zero-order valence-corrected chi connectivity index (χ0v) is 15.1. The second-order valence-corrected chi connectivity index (χ2v) is 6.98. The number of aromatic nitrogens is 3. The molecular formula is C18H22ClN5. The van der Waals surface area contributed by atoms with Crippen molar-refractivity contribution in [3.63, 3.8) is 0 Å². The van der Waals surface area contributed by atoms with Gasteiger partial charge >= 0.3 is 0 Å². The summed E-state index contributed by atoms with van der Waals surface area (Å²) in [5, 5.41) is 8.51. The van der Waals surface area contributed by atoms with Gasteiger partial charge in [0.1, 0.15) is 5.82 Å². The lowest BCUT2D eigenvalue weighted by Crippen LogP contribution is -2.30. The van der Waals surface area contributed by atoms with Crippen molar-refractivity contribution in [2.45, 2.75) is 39.7 Å². The van der Waals surface area contributed by atoms with Gasteiger partial charge in [0.05, 0.1) is 10.5 Å². The van der Waals surface area contributed by atoms with Gasteiger partial charge in [0.2, 0.25) is 5.95 Å². The van der Waals surface area contributed by atoms with Crippen molar-refractivity contribution in [1.29, 1.82) is 0 Å². The van der Waals surface area contributed by atoms with E-state index >= 15 is 0 Å². The van der Waals surface area contributed by atoms with E-state index in [-0.39, 0.29) is 5.54 Å². The Labute approximate surface area is 146 Å². The van der Waals surface area contributed by atoms with E-state index in [0.717, 1.165) is 34.4 Å². The molecule has 3 rings (SSSR count). The molecule has 0 aliphatic heterocycles. The van der Waals surface area contributed by atoms with Crippen LogP contribution in [0.2, 0.25) is 5.02 Å². The average molecular weight is 344 g/mol. The summed E-state index contributed by atoms with van der Waals surface area (Å²) in [5.74, 6) is 1.40. The van der Waals surface area contributed by atoms with Crippen LogP contribution in [0.3, 0.4) is 0 Å². The minimum absolute atomic E-state index is 0.0549. The number of benzene rings is 1. The lowest BCUT2D eigenvalue weighted by Gasteiger charge is -2.24. The minimum atomic E-state index is -0.0549. The molecule has 2 aromatic heterocycles. The van der Waals surface area contributed by atoms with Crippen LogP contribution in [-0.4, -0.2) is 20.5 Å². The first-order valence-corrected chi connectivity index (χ1v) is 8.42. The third-order valence-electron chi connectivity index (χ3n) is 4.23. The number of aromatic amines is 1. The Morgan fingerprint density at radius 2 is 2.04 bits per heavy atom. The van der Waals surface area contributed by atoms with Gasteiger partial charge in [-0.15, -0.1) is 0 Å². The maximum atomic E-state index is 6.22. The highest BCUT2D eigenvalue weighted by Crippen LogP contribution is 2.31. The quantitative estimate of drug-likeness (QED) is 0.591. The van der Waals surface area contributed by atoms with E-state index in [0.29, 0.717) is 11.0 Å². The second kappa shape index (κ2) is 6.32. The molecule has 2 heterocycles. The van der Waals surface area contributed by atoms with Crippen molar-refractivity contribution in [1.82, 2.24) is 15.0 Å². The summed E-state index contributed by atoms with van der Waals surface area (Å²) in [5.41, 5.74) is 2.80. The van der Waals surface area contributed by atoms with Gasteiger partial charge in [-0.25, -0.2) is 4.98 Å². The molecule has 0 atom stereocenters. The van der Waals surface area contributed by atoms with Crippen LogP contribution in [0.4, 0.5) is 17.5 Å². The number of nitrogens with one attached hydrogen (secondary N) is 3. The molecule has 3 aromatic rings. The first-order valence-electron chi connectivity index (χ1n) is 8.04. The van der Waals surface area contributed by atoms with Crippen molar-refractivity contribution < 1.29 is 0 Å². The molecule has 0 saturated heterocycles. The molecule has 126 valence electrons. The molecule has 24 heavy (non-hydrogen) atoms. The largest absolute Gasteiger partial charge is 0.360 e. The van der Waals surface area contributed by atoms with Gasteiger partial charge in [0.15, 0.2) is 0 Å². The van der Waals surface area contributed by atoms with Crippen molar-refractivity contribution in [3.05, 3.63) is 41.2 Å². The summed E-state index contributed by atoms with van der Waals surface area (Å²) in [7, 11) is 0. The number of fused-ring (bicyclic) bond motifs is 1. The maximum Gasteiger partial charge on any atom is 0.225 e. The van der Waals surface area contributed by atoms with Crippen LogP contribution in [-0.2, 0) is 0 Å². The summed E-state index contributed by atoms with van der Waals surface area (Å²) >= 11 is 6.22. The molecule has 0 radical (unpaired) electrons. The predicted molar refractivity (Wildman–Crippen MR) is 101 cm³/mol. The zero-order chi connectivity index (χ0) is 17.3. The zero-order valence-electron chi connectivity index (χ0n) is 14.4. The number of hydrogen-bond acceptors (Lipinski definition) is 4. The molecule has 0 unspecified atom stereocenters. The highest BCUT2D eigenvalue weighted by molar-refractivity contribution is 6.35. The Kier molecular flexibility index (Phi) is 4.37. The number of aryl methyl sites for hydroxylation is 1. The molecule has 0 aliphatic rings. The summed E-state index contributed by atoms with van der Waals surface area (Å²) < 4.78 is 0. The fourth-order valence-corrected chi connectivity index (χ4v) is 2.60. The Hall–Kier alpha value is -2.27. The van der Waals surface area contributed by atoms with Crippen molar-refractivity contribution in [2.75, 3.05) is 10.6 Å². The van der Waals surface area contributed by atoms with E-state index in [2.05, 4.69) is 46.4 Å². The fraction of sp³-hybridized carbons (Fsp3) is 0.333. The topological polar surface area (TPSA) is 65.6 Å². The van der Waals surface area contributed by atoms with E-state index in [1.165, 1.54) is 0 Å². The second-order valence-electron chi connectivity index (χ2n) is 6.57. The number of nitrogens with zero attached hydrogens (tertiary/aromatic N) is 2. The Bertz CT molecular complexity index is 869. The molecule has 0 saturated carbocycles. The molecule has 3 N–H and O–H groups in total. The monoisotopic (exact) mass is 343 g/mol. The van der Waals surface area contributed by atoms with Crippen molar-refractivity contribution >= 4 is 40.0 Å². The van der Waals surface area contributed by atoms with Crippen molar-refractivity contribution in [2.24, 2.45) is 0 Å². The van der Waals surface area contributed by atoms with Crippen LogP contribution < -0.4 is 10.6 Å². The molecule has 5 nitrogen and oxygen atoms in total. The molecule has 0 spiro atoms. The third-order valence-corrected chi connectivity index (χ3v) is 4.55. The van der Waals surface area contributed by atoms with E-state index in [9.17, 15) is 0 Å². The van der Waals surface area contributed by atoms with Crippen LogP contribution in [0, 0.1) is 6.92 Å². The van der Waals surface area contributed by atoms with Crippen LogP contribution in [0.25, 0.3) is 10.9 Å². The molecule has 0 fully saturated rings. The van der Waals surface area contributed by atoms with E-state index in [1.54, 1.807) is 0 Å². The van der Waals surface area contributed by atoms with Gasteiger partial charge in [-0.2, -0.15) is 4.98 Å². The van der Waals surface area contributed by atoms with Crippen molar-refractivity contribution in [3.8, 4) is 0 Å². The Morgan fingerprint density at radius 3 is 2.79 bits per heavy atom. The number of anilines is 3. The Balaban J connectivity index is 1.94. The van der Waals surface area contributed by atoms with Crippen LogP contribution in [0.5, 0.6) is 0 Å². The van der Waals surface area contributed by atoms with Gasteiger partial charge < -0.3 is 15.6 Å². The summed E-state index contributed by atoms with van der Waals surface area (Å²) in [4.78, 5) is 12.2. The molecule has 0 amide bonds. The fourth-order valence-electron chi connectivity index (χ4n) is 2.38. The smallest absolute Gasteiger partial charge is 0.225 e. The lowest BCUT2D eigenvalue weighted by molar-refractivity contribution is 0.542. The molecule has 6 heteroatoms. The number of hydrogen-bond donors (Lipinski definition) is 3. The van der Waals surface area contributed by atoms with Crippen LogP contribution in [0.1, 0.15) is 32.8 Å². The number of rotatable bonds is 5. The normalized spacial score (nSPS) is 11.7. The minimum Gasteiger partial charge on any atom is -0.360 e. The SMILES string of the molecule is CCC(C)(C)Nc1ncc(C)c(Nc2ccc(Cl)c3[nH]ccc23)n1. The first-order chi connectivity index (χ1) is 11.4. The average Bonchev–Trinajstić information content (AvgIpc) is 3.04. The molecular weight excluding hydrogens is 322 g/mol. The highest BCUT2D eigenvalue weighted by atomic mass is 35.5. The molecule has 0 bridgehead atoms. The molecule has 0 aliphatic carbocycles. The van der Waals surface area contributed by atoms with Gasteiger partial charge in [-0.3, -0.25) is 0 Å². The van der Waals surface area contributed by atoms with E-state index in [1.807, 2.05) is 37.5 Å². The van der Waals surface area contributed by atoms with Gasteiger partial charge in [0.25, 0.3) is 0 Å². The lowest BCUT2D eigenvalue weighted by atomic mass is 10.0.